The normalized spacial score (nSPS) is 39.1. The van der Waals surface area contributed by atoms with Crippen molar-refractivity contribution >= 4 is 11.9 Å². The van der Waals surface area contributed by atoms with E-state index in [9.17, 15) is 14.7 Å². The first-order valence-electron chi connectivity index (χ1n) is 7.27. The van der Waals surface area contributed by atoms with Crippen LogP contribution in [0.25, 0.3) is 0 Å². The van der Waals surface area contributed by atoms with Crippen LogP contribution >= 0.6 is 0 Å². The molecule has 4 atom stereocenters. The molecule has 4 unspecified atom stereocenters. The summed E-state index contributed by atoms with van der Waals surface area (Å²) in [7, 11) is 0. The zero-order valence-corrected chi connectivity index (χ0v) is 11.4. The van der Waals surface area contributed by atoms with Gasteiger partial charge in [0.2, 0.25) is 0 Å². The van der Waals surface area contributed by atoms with Gasteiger partial charge in [0.15, 0.2) is 5.41 Å². The summed E-state index contributed by atoms with van der Waals surface area (Å²) in [6.45, 7) is 1.43. The first-order valence-corrected chi connectivity index (χ1v) is 7.27. The van der Waals surface area contributed by atoms with Crippen LogP contribution in [0.15, 0.2) is 0 Å². The van der Waals surface area contributed by atoms with Gasteiger partial charge in [-0.1, -0.05) is 12.8 Å². The van der Waals surface area contributed by atoms with Gasteiger partial charge in [0, 0.05) is 0 Å². The summed E-state index contributed by atoms with van der Waals surface area (Å²) in [4.78, 5) is 24.2. The predicted molar refractivity (Wildman–Crippen MR) is 67.1 cm³/mol. The third kappa shape index (κ3) is 2.67. The molecule has 2 saturated heterocycles. The Kier molecular flexibility index (Phi) is 3.69. The molecule has 0 aromatic rings. The fourth-order valence-corrected chi connectivity index (χ4v) is 3.18. The zero-order chi connectivity index (χ0) is 14.2. The Bertz CT molecular complexity index is 400. The average molecular weight is 284 g/mol. The van der Waals surface area contributed by atoms with E-state index in [0.717, 1.165) is 19.3 Å². The lowest BCUT2D eigenvalue weighted by Crippen LogP contribution is -2.49. The number of carboxylic acids is 1. The van der Waals surface area contributed by atoms with Crippen LogP contribution in [0.4, 0.5) is 0 Å². The summed E-state index contributed by atoms with van der Waals surface area (Å²) in [6, 6.07) is 0. The summed E-state index contributed by atoms with van der Waals surface area (Å²) in [5, 5.41) is 9.67. The maximum absolute atomic E-state index is 12.4. The van der Waals surface area contributed by atoms with Gasteiger partial charge in [-0.2, -0.15) is 0 Å². The van der Waals surface area contributed by atoms with Crippen LogP contribution in [0.5, 0.6) is 0 Å². The van der Waals surface area contributed by atoms with E-state index in [1.54, 1.807) is 0 Å². The van der Waals surface area contributed by atoms with Gasteiger partial charge in [0.1, 0.15) is 12.7 Å². The summed E-state index contributed by atoms with van der Waals surface area (Å²) < 4.78 is 15.4. The number of carbonyl (C=O) groups is 2. The Hall–Kier alpha value is -1.14. The molecule has 0 radical (unpaired) electrons. The molecular formula is C14H20O6. The molecule has 6 nitrogen and oxygen atoms in total. The minimum absolute atomic E-state index is 0.0430. The summed E-state index contributed by atoms with van der Waals surface area (Å²) in [5.74, 6) is -1.83. The van der Waals surface area contributed by atoms with Gasteiger partial charge in [0.25, 0.3) is 0 Å². The maximum Gasteiger partial charge on any atom is 0.323 e. The van der Waals surface area contributed by atoms with E-state index in [2.05, 4.69) is 0 Å². The highest BCUT2D eigenvalue weighted by molar-refractivity contribution is 5.99. The number of rotatable bonds is 6. The molecule has 0 amide bonds. The highest BCUT2D eigenvalue weighted by atomic mass is 16.6. The summed E-state index contributed by atoms with van der Waals surface area (Å²) in [6.07, 6.45) is 3.55. The van der Waals surface area contributed by atoms with E-state index in [1.807, 2.05) is 0 Å². The molecule has 0 aromatic heterocycles. The van der Waals surface area contributed by atoms with E-state index in [0.29, 0.717) is 26.1 Å². The third-order valence-corrected chi connectivity index (χ3v) is 4.57. The molecule has 20 heavy (non-hydrogen) atoms. The predicted octanol–water partition coefficient (Wildman–Crippen LogP) is 0.978. The highest BCUT2D eigenvalue weighted by Crippen LogP contribution is 2.46. The van der Waals surface area contributed by atoms with Crippen LogP contribution in [0.1, 0.15) is 32.1 Å². The van der Waals surface area contributed by atoms with E-state index in [1.165, 1.54) is 0 Å². The first kappa shape index (κ1) is 13.8. The summed E-state index contributed by atoms with van der Waals surface area (Å²) >= 11 is 0. The molecule has 2 aliphatic heterocycles. The standard InChI is InChI=1S/C14H20O6/c15-12(16)14(13(17)20-8-11-7-19-11)4-2-1-3-9(14)5-10-6-18-10/h9-11H,1-8H2,(H,15,16). The van der Waals surface area contributed by atoms with Gasteiger partial charge in [-0.05, 0) is 25.2 Å². The van der Waals surface area contributed by atoms with Crippen molar-refractivity contribution in [3.63, 3.8) is 0 Å². The molecule has 1 N–H and O–H groups in total. The van der Waals surface area contributed by atoms with Gasteiger partial charge in [-0.25, -0.2) is 0 Å². The summed E-state index contributed by atoms with van der Waals surface area (Å²) in [5.41, 5.74) is -1.39. The number of aliphatic carboxylic acids is 1. The van der Waals surface area contributed by atoms with E-state index in [4.69, 9.17) is 14.2 Å². The second-order valence-electron chi connectivity index (χ2n) is 5.96. The molecule has 1 saturated carbocycles. The quantitative estimate of drug-likeness (QED) is 0.444. The van der Waals surface area contributed by atoms with Crippen molar-refractivity contribution < 1.29 is 28.9 Å². The Morgan fingerprint density at radius 1 is 1.20 bits per heavy atom. The minimum Gasteiger partial charge on any atom is -0.480 e. The highest BCUT2D eigenvalue weighted by Gasteiger charge is 2.56. The largest absolute Gasteiger partial charge is 0.480 e. The number of hydrogen-bond donors (Lipinski definition) is 1. The van der Waals surface area contributed by atoms with Crippen molar-refractivity contribution in [3.8, 4) is 0 Å². The lowest BCUT2D eigenvalue weighted by Gasteiger charge is -2.38. The molecule has 0 spiro atoms. The number of esters is 1. The fraction of sp³-hybridized carbons (Fsp3) is 0.857. The Morgan fingerprint density at radius 2 is 1.90 bits per heavy atom. The lowest BCUT2D eigenvalue weighted by molar-refractivity contribution is -0.177. The third-order valence-electron chi connectivity index (χ3n) is 4.57. The van der Waals surface area contributed by atoms with Crippen LogP contribution in [-0.4, -0.2) is 49.1 Å². The molecule has 1 aliphatic carbocycles. The van der Waals surface area contributed by atoms with Crippen LogP contribution < -0.4 is 0 Å². The molecule has 6 heteroatoms. The second-order valence-corrected chi connectivity index (χ2v) is 5.96. The smallest absolute Gasteiger partial charge is 0.323 e. The van der Waals surface area contributed by atoms with Gasteiger partial charge < -0.3 is 19.3 Å². The molecule has 112 valence electrons. The van der Waals surface area contributed by atoms with Crippen molar-refractivity contribution in [1.82, 2.24) is 0 Å². The number of epoxide rings is 2. The average Bonchev–Trinajstić information content (AvgIpc) is 3.31. The van der Waals surface area contributed by atoms with Crippen molar-refractivity contribution in [3.05, 3.63) is 0 Å². The monoisotopic (exact) mass is 284 g/mol. The van der Waals surface area contributed by atoms with Crippen LogP contribution in [-0.2, 0) is 23.8 Å². The van der Waals surface area contributed by atoms with Crippen LogP contribution in [0.3, 0.4) is 0 Å². The Morgan fingerprint density at radius 3 is 2.50 bits per heavy atom. The number of carboxylic acid groups (broad SMARTS) is 1. The van der Waals surface area contributed by atoms with Crippen molar-refractivity contribution in [2.45, 2.75) is 44.3 Å². The van der Waals surface area contributed by atoms with Gasteiger partial charge in [-0.15, -0.1) is 0 Å². The molecule has 0 aromatic carbocycles. The maximum atomic E-state index is 12.4. The van der Waals surface area contributed by atoms with Crippen LogP contribution in [0.2, 0.25) is 0 Å². The van der Waals surface area contributed by atoms with Gasteiger partial charge in [0.05, 0.1) is 19.3 Å². The Labute approximate surface area is 117 Å². The second kappa shape index (κ2) is 5.33. The van der Waals surface area contributed by atoms with Crippen molar-refractivity contribution in [1.29, 1.82) is 0 Å². The SMILES string of the molecule is O=C(O)C1(C(=O)OCC2CO2)CCCCC1CC1CO1. The van der Waals surface area contributed by atoms with Crippen molar-refractivity contribution in [2.24, 2.45) is 11.3 Å². The Balaban J connectivity index is 1.74. The molecule has 3 aliphatic rings. The number of hydrogen-bond acceptors (Lipinski definition) is 5. The van der Waals surface area contributed by atoms with E-state index >= 15 is 0 Å². The molecular weight excluding hydrogens is 264 g/mol. The van der Waals surface area contributed by atoms with Crippen LogP contribution in [0, 0.1) is 11.3 Å². The van der Waals surface area contributed by atoms with Gasteiger partial charge in [-0.3, -0.25) is 9.59 Å². The molecule has 2 heterocycles. The van der Waals surface area contributed by atoms with Crippen molar-refractivity contribution in [2.75, 3.05) is 19.8 Å². The first-order chi connectivity index (χ1) is 9.63. The number of carbonyl (C=O) groups excluding carboxylic acids is 1. The fourth-order valence-electron chi connectivity index (χ4n) is 3.18. The van der Waals surface area contributed by atoms with Gasteiger partial charge >= 0.3 is 11.9 Å². The minimum atomic E-state index is -1.39. The molecule has 3 fully saturated rings. The van der Waals surface area contributed by atoms with E-state index in [-0.39, 0.29) is 24.7 Å². The lowest BCUT2D eigenvalue weighted by atomic mass is 9.64. The molecule has 3 rings (SSSR count). The van der Waals surface area contributed by atoms with E-state index < -0.39 is 17.4 Å². The zero-order valence-electron chi connectivity index (χ0n) is 11.4. The number of ether oxygens (including phenoxy) is 3. The molecule has 0 bridgehead atoms. The topological polar surface area (TPSA) is 88.7 Å².